The molecule has 0 saturated heterocycles. The summed E-state index contributed by atoms with van der Waals surface area (Å²) in [5.41, 5.74) is 0.961. The van der Waals surface area contributed by atoms with Gasteiger partial charge in [-0.3, -0.25) is 9.78 Å². The molecule has 1 aromatic carbocycles. The number of hydrogen-bond donors (Lipinski definition) is 0. The van der Waals surface area contributed by atoms with Crippen molar-refractivity contribution >= 4 is 38.8 Å². The summed E-state index contributed by atoms with van der Waals surface area (Å²) >= 11 is 7.57. The van der Waals surface area contributed by atoms with Gasteiger partial charge in [-0.05, 0) is 35.0 Å². The third-order valence-electron chi connectivity index (χ3n) is 2.70. The van der Waals surface area contributed by atoms with E-state index in [0.29, 0.717) is 16.3 Å². The van der Waals surface area contributed by atoms with Gasteiger partial charge >= 0.3 is 0 Å². The van der Waals surface area contributed by atoms with Gasteiger partial charge in [0.2, 0.25) is 5.78 Å². The molecule has 2 nitrogen and oxygen atoms in total. The molecule has 0 aliphatic rings. The Hall–Kier alpha value is -1.71. The molecule has 0 N–H and O–H groups in total. The molecule has 0 atom stereocenters. The number of carbonyl (C=O) groups excluding carboxylic acids is 1. The Bertz CT molecular complexity index is 735. The number of hydrogen-bond acceptors (Lipinski definition) is 3. The zero-order valence-corrected chi connectivity index (χ0v) is 10.8. The van der Waals surface area contributed by atoms with Gasteiger partial charge in [0.15, 0.2) is 0 Å². The van der Waals surface area contributed by atoms with Crippen molar-refractivity contribution in [3.8, 4) is 0 Å². The molecule has 4 heteroatoms. The first-order chi connectivity index (χ1) is 8.77. The summed E-state index contributed by atoms with van der Waals surface area (Å²) in [5, 5.41) is 3.43. The maximum Gasteiger partial charge on any atom is 0.214 e. The van der Waals surface area contributed by atoms with Crippen molar-refractivity contribution in [1.82, 2.24) is 4.98 Å². The van der Waals surface area contributed by atoms with Gasteiger partial charge in [-0.25, -0.2) is 0 Å². The maximum absolute atomic E-state index is 12.4. The summed E-state index contributed by atoms with van der Waals surface area (Å²) in [6, 6.07) is 11.1. The molecule has 0 spiro atoms. The second-order valence-electron chi connectivity index (χ2n) is 3.81. The van der Waals surface area contributed by atoms with Crippen LogP contribution in [0.1, 0.15) is 16.1 Å². The summed E-state index contributed by atoms with van der Waals surface area (Å²) < 4.78 is 0.976. The molecule has 0 saturated carbocycles. The van der Waals surface area contributed by atoms with E-state index in [1.807, 2.05) is 29.6 Å². The van der Waals surface area contributed by atoms with E-state index in [2.05, 4.69) is 4.98 Å². The Morgan fingerprint density at radius 2 is 2.06 bits per heavy atom. The minimum Gasteiger partial charge on any atom is -0.287 e. The topological polar surface area (TPSA) is 30.0 Å². The van der Waals surface area contributed by atoms with Crippen molar-refractivity contribution in [2.75, 3.05) is 0 Å². The van der Waals surface area contributed by atoms with Crippen LogP contribution in [0.25, 0.3) is 10.1 Å². The molecular formula is C14H8ClNOS. The molecule has 0 unspecified atom stereocenters. The van der Waals surface area contributed by atoms with Crippen LogP contribution in [0.4, 0.5) is 0 Å². The predicted molar refractivity (Wildman–Crippen MR) is 74.5 cm³/mol. The van der Waals surface area contributed by atoms with Crippen molar-refractivity contribution in [3.63, 3.8) is 0 Å². The largest absolute Gasteiger partial charge is 0.287 e. The SMILES string of the molecule is O=C(c1ncccc1Cl)c1cccc2ccsc12. The number of aromatic nitrogens is 1. The van der Waals surface area contributed by atoms with E-state index in [9.17, 15) is 4.79 Å². The Morgan fingerprint density at radius 3 is 2.89 bits per heavy atom. The minimum atomic E-state index is -0.131. The van der Waals surface area contributed by atoms with E-state index in [-0.39, 0.29) is 5.78 Å². The fourth-order valence-electron chi connectivity index (χ4n) is 1.85. The summed E-state index contributed by atoms with van der Waals surface area (Å²) in [5.74, 6) is -0.131. The predicted octanol–water partition coefficient (Wildman–Crippen LogP) is 4.18. The van der Waals surface area contributed by atoms with Crippen LogP contribution >= 0.6 is 22.9 Å². The smallest absolute Gasteiger partial charge is 0.214 e. The van der Waals surface area contributed by atoms with Crippen LogP contribution < -0.4 is 0 Å². The molecule has 0 radical (unpaired) electrons. The Labute approximate surface area is 113 Å². The van der Waals surface area contributed by atoms with Gasteiger partial charge < -0.3 is 0 Å². The number of thiophene rings is 1. The van der Waals surface area contributed by atoms with Crippen molar-refractivity contribution in [2.24, 2.45) is 0 Å². The van der Waals surface area contributed by atoms with E-state index in [0.717, 1.165) is 10.1 Å². The van der Waals surface area contributed by atoms with E-state index >= 15 is 0 Å². The van der Waals surface area contributed by atoms with Gasteiger partial charge in [0.05, 0.1) is 5.02 Å². The average molecular weight is 274 g/mol. The molecule has 3 rings (SSSR count). The van der Waals surface area contributed by atoms with Crippen LogP contribution in [0.5, 0.6) is 0 Å². The Morgan fingerprint density at radius 1 is 1.17 bits per heavy atom. The standard InChI is InChI=1S/C14H8ClNOS/c15-11-5-2-7-16-12(11)13(17)10-4-1-3-9-6-8-18-14(9)10/h1-8H. The van der Waals surface area contributed by atoms with Crippen molar-refractivity contribution < 1.29 is 4.79 Å². The minimum absolute atomic E-state index is 0.131. The van der Waals surface area contributed by atoms with Gasteiger partial charge in [0, 0.05) is 16.5 Å². The molecule has 2 heterocycles. The first-order valence-electron chi connectivity index (χ1n) is 5.39. The number of benzene rings is 1. The zero-order valence-electron chi connectivity index (χ0n) is 9.26. The lowest BCUT2D eigenvalue weighted by atomic mass is 10.1. The lowest BCUT2D eigenvalue weighted by Crippen LogP contribution is -2.04. The third kappa shape index (κ3) is 1.82. The second kappa shape index (κ2) is 4.52. The molecule has 2 aromatic heterocycles. The van der Waals surface area contributed by atoms with E-state index < -0.39 is 0 Å². The summed E-state index contributed by atoms with van der Waals surface area (Å²) in [7, 11) is 0. The third-order valence-corrected chi connectivity index (χ3v) is 3.97. The monoisotopic (exact) mass is 273 g/mol. The summed E-state index contributed by atoms with van der Waals surface area (Å²) in [6.07, 6.45) is 1.58. The molecular weight excluding hydrogens is 266 g/mol. The molecule has 0 fully saturated rings. The highest BCUT2D eigenvalue weighted by Crippen LogP contribution is 2.27. The summed E-state index contributed by atoms with van der Waals surface area (Å²) in [6.45, 7) is 0. The van der Waals surface area contributed by atoms with Crippen molar-refractivity contribution in [3.05, 3.63) is 64.3 Å². The fraction of sp³-hybridized carbons (Fsp3) is 0. The number of nitrogens with zero attached hydrogens (tertiary/aromatic N) is 1. The van der Waals surface area contributed by atoms with Crippen LogP contribution in [0, 0.1) is 0 Å². The second-order valence-corrected chi connectivity index (χ2v) is 5.13. The molecule has 0 amide bonds. The normalized spacial score (nSPS) is 10.7. The van der Waals surface area contributed by atoms with Crippen LogP contribution in [0.2, 0.25) is 5.02 Å². The van der Waals surface area contributed by atoms with E-state index in [4.69, 9.17) is 11.6 Å². The average Bonchev–Trinajstić information content (AvgIpc) is 2.86. The first kappa shape index (κ1) is 11.4. The van der Waals surface area contributed by atoms with Crippen LogP contribution in [-0.2, 0) is 0 Å². The summed E-state index contributed by atoms with van der Waals surface area (Å²) in [4.78, 5) is 16.5. The first-order valence-corrected chi connectivity index (χ1v) is 6.64. The molecule has 88 valence electrons. The van der Waals surface area contributed by atoms with E-state index in [1.54, 1.807) is 29.7 Å². The number of pyridine rings is 1. The molecule has 0 bridgehead atoms. The Kier molecular flexibility index (Phi) is 2.86. The van der Waals surface area contributed by atoms with Gasteiger partial charge in [-0.2, -0.15) is 0 Å². The molecule has 3 aromatic rings. The van der Waals surface area contributed by atoms with Crippen LogP contribution in [0.3, 0.4) is 0 Å². The van der Waals surface area contributed by atoms with Crippen molar-refractivity contribution in [2.45, 2.75) is 0 Å². The highest BCUT2D eigenvalue weighted by Gasteiger charge is 2.16. The lowest BCUT2D eigenvalue weighted by molar-refractivity contribution is 0.103. The van der Waals surface area contributed by atoms with Crippen LogP contribution in [-0.4, -0.2) is 10.8 Å². The van der Waals surface area contributed by atoms with Gasteiger partial charge in [0.25, 0.3) is 0 Å². The quantitative estimate of drug-likeness (QED) is 0.656. The number of halogens is 1. The molecule has 0 aliphatic heterocycles. The zero-order chi connectivity index (χ0) is 12.5. The van der Waals surface area contributed by atoms with Gasteiger partial charge in [-0.1, -0.05) is 23.7 Å². The van der Waals surface area contributed by atoms with Gasteiger partial charge in [0.1, 0.15) is 5.69 Å². The van der Waals surface area contributed by atoms with E-state index in [1.165, 1.54) is 0 Å². The number of carbonyl (C=O) groups is 1. The highest BCUT2D eigenvalue weighted by molar-refractivity contribution is 7.17. The number of rotatable bonds is 2. The van der Waals surface area contributed by atoms with Crippen molar-refractivity contribution in [1.29, 1.82) is 0 Å². The Balaban J connectivity index is 2.18. The maximum atomic E-state index is 12.4. The molecule has 0 aliphatic carbocycles. The van der Waals surface area contributed by atoms with Crippen LogP contribution in [0.15, 0.2) is 48.0 Å². The highest BCUT2D eigenvalue weighted by atomic mass is 35.5. The number of fused-ring (bicyclic) bond motifs is 1. The van der Waals surface area contributed by atoms with Gasteiger partial charge in [-0.15, -0.1) is 11.3 Å². The fourth-order valence-corrected chi connectivity index (χ4v) is 2.97. The lowest BCUT2D eigenvalue weighted by Gasteiger charge is -2.03. The molecule has 18 heavy (non-hydrogen) atoms. The number of ketones is 1.